The Labute approximate surface area is 322 Å². The first-order chi connectivity index (χ1) is 26.2. The summed E-state index contributed by atoms with van der Waals surface area (Å²) in [6.07, 6.45) is 7.53. The molecule has 2 aromatic heterocycles. The zero-order valence-electron chi connectivity index (χ0n) is 33.6. The Balaban J connectivity index is 0.000000167. The van der Waals surface area contributed by atoms with Gasteiger partial charge in [0.2, 0.25) is 0 Å². The average molecular weight is 739 g/mol. The number of aromatic nitrogens is 2. The van der Waals surface area contributed by atoms with Crippen molar-refractivity contribution in [2.75, 3.05) is 63.1 Å². The maximum absolute atomic E-state index is 6.15. The SMILES string of the molecule is Cc1cc2c3c(c(NC(C)C)nc2cc1OCCCN1CCCC1)COC3.Cc1cc2nc(NC(C)C)c3c(c2cc1OCCCN1CCCC1)COC3. The summed E-state index contributed by atoms with van der Waals surface area (Å²) in [5.41, 5.74) is 9.24. The Bertz CT molecular complexity index is 1900. The number of anilines is 2. The third-order valence-corrected chi connectivity index (χ3v) is 11.0. The maximum atomic E-state index is 6.15. The molecule has 10 nitrogen and oxygen atoms in total. The van der Waals surface area contributed by atoms with Gasteiger partial charge in [0.25, 0.3) is 0 Å². The molecule has 54 heavy (non-hydrogen) atoms. The van der Waals surface area contributed by atoms with E-state index in [1.807, 2.05) is 0 Å². The zero-order valence-corrected chi connectivity index (χ0v) is 33.6. The van der Waals surface area contributed by atoms with Gasteiger partial charge in [0.15, 0.2) is 0 Å². The quantitative estimate of drug-likeness (QED) is 0.123. The molecule has 2 N–H and O–H groups in total. The third-order valence-electron chi connectivity index (χ3n) is 11.0. The van der Waals surface area contributed by atoms with Gasteiger partial charge < -0.3 is 39.4 Å². The van der Waals surface area contributed by atoms with Crippen molar-refractivity contribution in [3.63, 3.8) is 0 Å². The molecule has 4 aliphatic rings. The lowest BCUT2D eigenvalue weighted by Gasteiger charge is -2.17. The van der Waals surface area contributed by atoms with Crippen LogP contribution in [0, 0.1) is 13.8 Å². The molecule has 2 fully saturated rings. The lowest BCUT2D eigenvalue weighted by atomic mass is 10.0. The van der Waals surface area contributed by atoms with Crippen molar-refractivity contribution < 1.29 is 18.9 Å². The number of aryl methyl sites for hydroxylation is 2. The normalized spacial score (nSPS) is 17.0. The Morgan fingerprint density at radius 3 is 1.52 bits per heavy atom. The van der Waals surface area contributed by atoms with E-state index in [0.29, 0.717) is 38.5 Å². The van der Waals surface area contributed by atoms with Gasteiger partial charge in [-0.1, -0.05) is 0 Å². The molecular weight excluding hydrogens is 677 g/mol. The van der Waals surface area contributed by atoms with Crippen molar-refractivity contribution in [1.29, 1.82) is 0 Å². The van der Waals surface area contributed by atoms with E-state index in [1.165, 1.54) is 85.1 Å². The molecule has 0 atom stereocenters. The van der Waals surface area contributed by atoms with Gasteiger partial charge >= 0.3 is 0 Å². The fourth-order valence-electron chi connectivity index (χ4n) is 8.21. The number of nitrogens with one attached hydrogen (secondary N) is 2. The summed E-state index contributed by atoms with van der Waals surface area (Å²) in [5, 5.41) is 9.31. The number of rotatable bonds is 14. The van der Waals surface area contributed by atoms with Gasteiger partial charge in [-0.15, -0.1) is 0 Å². The number of hydrogen-bond donors (Lipinski definition) is 2. The molecule has 4 aliphatic heterocycles. The number of pyridine rings is 2. The van der Waals surface area contributed by atoms with Crippen LogP contribution in [0.2, 0.25) is 0 Å². The van der Waals surface area contributed by atoms with Crippen LogP contribution in [0.15, 0.2) is 24.3 Å². The van der Waals surface area contributed by atoms with Crippen LogP contribution < -0.4 is 20.1 Å². The van der Waals surface area contributed by atoms with E-state index < -0.39 is 0 Å². The number of ether oxygens (including phenoxy) is 4. The minimum absolute atomic E-state index is 0.339. The minimum atomic E-state index is 0.339. The predicted octanol–water partition coefficient (Wildman–Crippen LogP) is 8.52. The van der Waals surface area contributed by atoms with Crippen LogP contribution >= 0.6 is 0 Å². The first-order valence-electron chi connectivity index (χ1n) is 20.5. The molecule has 0 spiro atoms. The number of fused-ring (bicyclic) bond motifs is 6. The van der Waals surface area contributed by atoms with Gasteiger partial charge in [0.05, 0.1) is 50.7 Å². The highest BCUT2D eigenvalue weighted by atomic mass is 16.5. The first kappa shape index (κ1) is 38.6. The highest BCUT2D eigenvalue weighted by Crippen LogP contribution is 2.37. The summed E-state index contributed by atoms with van der Waals surface area (Å²) in [6.45, 7) is 24.2. The molecule has 8 rings (SSSR count). The second-order valence-electron chi connectivity index (χ2n) is 16.2. The van der Waals surface area contributed by atoms with Crippen molar-refractivity contribution in [2.45, 2.75) is 119 Å². The molecule has 10 heteroatoms. The van der Waals surface area contributed by atoms with Gasteiger partial charge in [0, 0.05) is 53.1 Å². The van der Waals surface area contributed by atoms with E-state index >= 15 is 0 Å². The lowest BCUT2D eigenvalue weighted by molar-refractivity contribution is 0.135. The van der Waals surface area contributed by atoms with Crippen LogP contribution in [0.3, 0.4) is 0 Å². The van der Waals surface area contributed by atoms with E-state index in [-0.39, 0.29) is 0 Å². The fraction of sp³-hybridized carbons (Fsp3) is 0.591. The molecule has 2 saturated heterocycles. The predicted molar refractivity (Wildman–Crippen MR) is 219 cm³/mol. The second-order valence-corrected chi connectivity index (χ2v) is 16.2. The maximum Gasteiger partial charge on any atom is 0.132 e. The smallest absolute Gasteiger partial charge is 0.132 e. The monoisotopic (exact) mass is 738 g/mol. The highest BCUT2D eigenvalue weighted by Gasteiger charge is 2.24. The highest BCUT2D eigenvalue weighted by molar-refractivity contribution is 5.89. The van der Waals surface area contributed by atoms with Gasteiger partial charge in [-0.25, -0.2) is 9.97 Å². The van der Waals surface area contributed by atoms with E-state index in [4.69, 9.17) is 28.9 Å². The molecule has 4 aromatic rings. The molecular formula is C44H62N6O4. The number of nitrogens with zero attached hydrogens (tertiary/aromatic N) is 4. The molecule has 6 heterocycles. The fourth-order valence-corrected chi connectivity index (χ4v) is 8.21. The molecule has 0 aliphatic carbocycles. The van der Waals surface area contributed by atoms with Crippen LogP contribution in [-0.4, -0.2) is 84.3 Å². The van der Waals surface area contributed by atoms with E-state index in [1.54, 1.807) is 0 Å². The molecule has 2 aromatic carbocycles. The number of likely N-dealkylation sites (tertiary alicyclic amines) is 2. The van der Waals surface area contributed by atoms with Gasteiger partial charge in [0.1, 0.15) is 23.1 Å². The van der Waals surface area contributed by atoms with E-state index in [2.05, 4.69) is 86.2 Å². The van der Waals surface area contributed by atoms with Crippen molar-refractivity contribution in [3.05, 3.63) is 57.6 Å². The summed E-state index contributed by atoms with van der Waals surface area (Å²) in [4.78, 5) is 14.9. The van der Waals surface area contributed by atoms with Crippen LogP contribution in [0.25, 0.3) is 21.8 Å². The Morgan fingerprint density at radius 1 is 0.593 bits per heavy atom. The minimum Gasteiger partial charge on any atom is -0.493 e. The van der Waals surface area contributed by atoms with E-state index in [0.717, 1.165) is 84.3 Å². The van der Waals surface area contributed by atoms with Crippen LogP contribution in [-0.2, 0) is 35.9 Å². The van der Waals surface area contributed by atoms with Gasteiger partial charge in [-0.05, 0) is 147 Å². The Kier molecular flexibility index (Phi) is 12.7. The van der Waals surface area contributed by atoms with Crippen LogP contribution in [0.5, 0.6) is 11.5 Å². The Hall–Kier alpha value is -3.70. The van der Waals surface area contributed by atoms with Gasteiger partial charge in [-0.3, -0.25) is 0 Å². The summed E-state index contributed by atoms with van der Waals surface area (Å²) in [7, 11) is 0. The van der Waals surface area contributed by atoms with Crippen molar-refractivity contribution >= 4 is 33.4 Å². The molecule has 0 bridgehead atoms. The standard InChI is InChI=1S/2C22H31N3O2/c1-15(2)23-22-19-14-26-13-18(19)17-12-21(16(3)11-20(17)24-22)27-10-6-9-25-7-4-5-8-25;1-15(2)23-22-19-14-26-13-18(19)17-11-16(3)21(12-20(17)24-22)27-10-6-9-25-7-4-5-8-25/h2*11-12,15H,4-10,13-14H2,1-3H3,(H,23,24). The molecule has 0 amide bonds. The second kappa shape index (κ2) is 17.8. The molecule has 0 unspecified atom stereocenters. The van der Waals surface area contributed by atoms with E-state index in [9.17, 15) is 0 Å². The summed E-state index contributed by atoms with van der Waals surface area (Å²) >= 11 is 0. The lowest BCUT2D eigenvalue weighted by Crippen LogP contribution is -2.22. The van der Waals surface area contributed by atoms with Gasteiger partial charge in [-0.2, -0.15) is 0 Å². The first-order valence-corrected chi connectivity index (χ1v) is 20.5. The summed E-state index contributed by atoms with van der Waals surface area (Å²) < 4.78 is 23.7. The summed E-state index contributed by atoms with van der Waals surface area (Å²) in [5.74, 6) is 3.84. The summed E-state index contributed by atoms with van der Waals surface area (Å²) in [6, 6.07) is 9.32. The molecule has 292 valence electrons. The zero-order chi connectivity index (χ0) is 37.6. The third kappa shape index (κ3) is 9.21. The molecule has 0 saturated carbocycles. The Morgan fingerprint density at radius 2 is 1.02 bits per heavy atom. The topological polar surface area (TPSA) is 93.2 Å². The largest absolute Gasteiger partial charge is 0.493 e. The van der Waals surface area contributed by atoms with Crippen molar-refractivity contribution in [2.24, 2.45) is 0 Å². The van der Waals surface area contributed by atoms with Crippen LogP contribution in [0.4, 0.5) is 11.6 Å². The van der Waals surface area contributed by atoms with Crippen LogP contribution in [0.1, 0.15) is 99.6 Å². The average Bonchev–Trinajstić information content (AvgIpc) is 3.98. The van der Waals surface area contributed by atoms with Crippen molar-refractivity contribution in [3.8, 4) is 11.5 Å². The van der Waals surface area contributed by atoms with Crippen molar-refractivity contribution in [1.82, 2.24) is 19.8 Å². The molecule has 0 radical (unpaired) electrons. The number of benzene rings is 2. The number of hydrogen-bond acceptors (Lipinski definition) is 10.